The zero-order valence-electron chi connectivity index (χ0n) is 10.5. The number of halogens is 1. The van der Waals surface area contributed by atoms with Gasteiger partial charge in [-0.05, 0) is 22.0 Å². The molecule has 1 fully saturated rings. The van der Waals surface area contributed by atoms with E-state index in [4.69, 9.17) is 4.74 Å². The Hall–Kier alpha value is -1.47. The summed E-state index contributed by atoms with van der Waals surface area (Å²) < 4.78 is 6.55. The van der Waals surface area contributed by atoms with E-state index in [0.717, 1.165) is 28.9 Å². The Morgan fingerprint density at radius 2 is 2.26 bits per heavy atom. The van der Waals surface area contributed by atoms with Gasteiger partial charge in [0.1, 0.15) is 0 Å². The van der Waals surface area contributed by atoms with Crippen molar-refractivity contribution in [3.05, 3.63) is 34.8 Å². The van der Waals surface area contributed by atoms with Gasteiger partial charge in [-0.1, -0.05) is 0 Å². The van der Waals surface area contributed by atoms with Crippen LogP contribution in [0.4, 0.5) is 5.69 Å². The van der Waals surface area contributed by atoms with Crippen LogP contribution in [0.15, 0.2) is 29.1 Å². The number of nitrogens with zero attached hydrogens (tertiary/aromatic N) is 4. The minimum absolute atomic E-state index is 0.115. The molecule has 0 bridgehead atoms. The second kappa shape index (κ2) is 5.26. The van der Waals surface area contributed by atoms with Crippen molar-refractivity contribution in [2.75, 3.05) is 25.1 Å². The van der Waals surface area contributed by atoms with Crippen LogP contribution in [0.1, 0.15) is 11.6 Å². The quantitative estimate of drug-likeness (QED) is 0.928. The molecule has 100 valence electrons. The van der Waals surface area contributed by atoms with Crippen LogP contribution in [-0.4, -0.2) is 46.7 Å². The Balaban J connectivity index is 1.83. The number of H-pyrrole nitrogens is 1. The average Bonchev–Trinajstić information content (AvgIpc) is 3.07. The maximum absolute atomic E-state index is 5.57. The van der Waals surface area contributed by atoms with Crippen LogP contribution in [0.2, 0.25) is 0 Å². The molecule has 19 heavy (non-hydrogen) atoms. The first-order chi connectivity index (χ1) is 9.28. The van der Waals surface area contributed by atoms with Crippen LogP contribution in [0.25, 0.3) is 0 Å². The van der Waals surface area contributed by atoms with E-state index in [1.54, 1.807) is 19.5 Å². The molecule has 2 aromatic heterocycles. The molecule has 7 heteroatoms. The predicted molar refractivity (Wildman–Crippen MR) is 74.1 cm³/mol. The number of pyridine rings is 1. The van der Waals surface area contributed by atoms with E-state index < -0.39 is 0 Å². The SMILES string of the molecule is CO[C@@H]1CN(c2cncc(Br)c2)C[C@H]1c1cn[nH]n1. The Morgan fingerprint density at radius 1 is 1.37 bits per heavy atom. The normalized spacial score (nSPS) is 22.9. The average molecular weight is 324 g/mol. The minimum atomic E-state index is 0.115. The molecule has 0 saturated carbocycles. The van der Waals surface area contributed by atoms with E-state index in [1.807, 2.05) is 6.20 Å². The summed E-state index contributed by atoms with van der Waals surface area (Å²) in [6.45, 7) is 1.68. The van der Waals surface area contributed by atoms with E-state index in [0.29, 0.717) is 0 Å². The van der Waals surface area contributed by atoms with Gasteiger partial charge < -0.3 is 9.64 Å². The third-order valence-electron chi connectivity index (χ3n) is 3.44. The largest absolute Gasteiger partial charge is 0.379 e. The molecule has 1 aliphatic rings. The lowest BCUT2D eigenvalue weighted by molar-refractivity contribution is 0.105. The van der Waals surface area contributed by atoms with E-state index in [1.165, 1.54) is 0 Å². The zero-order valence-corrected chi connectivity index (χ0v) is 12.0. The highest BCUT2D eigenvalue weighted by Crippen LogP contribution is 2.31. The van der Waals surface area contributed by atoms with Crippen LogP contribution in [0.3, 0.4) is 0 Å². The highest BCUT2D eigenvalue weighted by atomic mass is 79.9. The monoisotopic (exact) mass is 323 g/mol. The highest BCUT2D eigenvalue weighted by Gasteiger charge is 2.35. The van der Waals surface area contributed by atoms with Gasteiger partial charge >= 0.3 is 0 Å². The molecule has 0 unspecified atom stereocenters. The summed E-state index contributed by atoms with van der Waals surface area (Å²) in [6.07, 6.45) is 5.52. The Labute approximate surface area is 119 Å². The molecule has 0 spiro atoms. The molecule has 2 aromatic rings. The summed E-state index contributed by atoms with van der Waals surface area (Å²) in [6, 6.07) is 2.06. The topological polar surface area (TPSA) is 66.9 Å². The van der Waals surface area contributed by atoms with Gasteiger partial charge in [-0.2, -0.15) is 15.4 Å². The highest BCUT2D eigenvalue weighted by molar-refractivity contribution is 9.10. The Morgan fingerprint density at radius 3 is 2.95 bits per heavy atom. The molecule has 0 aromatic carbocycles. The van der Waals surface area contributed by atoms with Crippen molar-refractivity contribution in [1.82, 2.24) is 20.4 Å². The summed E-state index contributed by atoms with van der Waals surface area (Å²) in [5.74, 6) is 0.225. The molecule has 3 heterocycles. The Kier molecular flexibility index (Phi) is 3.48. The van der Waals surface area contributed by atoms with Crippen molar-refractivity contribution in [3.8, 4) is 0 Å². The van der Waals surface area contributed by atoms with Gasteiger partial charge in [-0.15, -0.1) is 0 Å². The molecule has 2 atom stereocenters. The fourth-order valence-electron chi connectivity index (χ4n) is 2.47. The van der Waals surface area contributed by atoms with Gasteiger partial charge in [0.05, 0.1) is 35.8 Å². The van der Waals surface area contributed by atoms with Crippen molar-refractivity contribution in [2.45, 2.75) is 12.0 Å². The maximum atomic E-state index is 5.57. The van der Waals surface area contributed by atoms with Crippen molar-refractivity contribution >= 4 is 21.6 Å². The van der Waals surface area contributed by atoms with Crippen molar-refractivity contribution in [1.29, 1.82) is 0 Å². The summed E-state index contributed by atoms with van der Waals surface area (Å²) >= 11 is 3.45. The second-order valence-corrected chi connectivity index (χ2v) is 5.46. The molecular weight excluding hydrogens is 310 g/mol. The van der Waals surface area contributed by atoms with Crippen LogP contribution in [0.5, 0.6) is 0 Å². The van der Waals surface area contributed by atoms with Crippen LogP contribution >= 0.6 is 15.9 Å². The number of nitrogens with one attached hydrogen (secondary N) is 1. The molecule has 3 rings (SSSR count). The van der Waals surface area contributed by atoms with Crippen LogP contribution in [0, 0.1) is 0 Å². The van der Waals surface area contributed by atoms with Crippen molar-refractivity contribution in [3.63, 3.8) is 0 Å². The molecule has 0 radical (unpaired) electrons. The molecule has 0 aliphatic carbocycles. The van der Waals surface area contributed by atoms with E-state index in [-0.39, 0.29) is 12.0 Å². The van der Waals surface area contributed by atoms with Crippen LogP contribution < -0.4 is 4.90 Å². The zero-order chi connectivity index (χ0) is 13.2. The Bertz CT molecular complexity index is 547. The van der Waals surface area contributed by atoms with Gasteiger partial charge in [0, 0.05) is 30.9 Å². The first-order valence-corrected chi connectivity index (χ1v) is 6.81. The summed E-state index contributed by atoms with van der Waals surface area (Å²) in [4.78, 5) is 6.46. The number of aromatic nitrogens is 4. The van der Waals surface area contributed by atoms with Gasteiger partial charge in [-0.3, -0.25) is 4.98 Å². The number of rotatable bonds is 3. The fraction of sp³-hybridized carbons (Fsp3) is 0.417. The van der Waals surface area contributed by atoms with Crippen molar-refractivity contribution < 1.29 is 4.74 Å². The molecule has 1 saturated heterocycles. The molecule has 6 nitrogen and oxygen atoms in total. The lowest BCUT2D eigenvalue weighted by Gasteiger charge is -2.17. The first-order valence-electron chi connectivity index (χ1n) is 6.02. The van der Waals surface area contributed by atoms with Gasteiger partial charge in [0.2, 0.25) is 0 Å². The van der Waals surface area contributed by atoms with Gasteiger partial charge in [0.15, 0.2) is 0 Å². The molecular formula is C12H14BrN5O. The number of hydrogen-bond acceptors (Lipinski definition) is 5. The van der Waals surface area contributed by atoms with Gasteiger partial charge in [-0.25, -0.2) is 0 Å². The number of hydrogen-bond donors (Lipinski definition) is 1. The first kappa shape index (κ1) is 12.6. The lowest BCUT2D eigenvalue weighted by Crippen LogP contribution is -2.22. The summed E-state index contributed by atoms with van der Waals surface area (Å²) in [7, 11) is 1.74. The minimum Gasteiger partial charge on any atom is -0.379 e. The van der Waals surface area contributed by atoms with E-state index >= 15 is 0 Å². The molecule has 1 aliphatic heterocycles. The lowest BCUT2D eigenvalue weighted by atomic mass is 10.0. The third kappa shape index (κ3) is 2.48. The molecule has 0 amide bonds. The standard InChI is InChI=1S/C12H14BrN5O/c1-19-12-7-18(9-2-8(13)3-14-4-9)6-10(12)11-5-15-17-16-11/h2-5,10,12H,6-7H2,1H3,(H,15,16,17)/t10-,12+/m0/s1. The maximum Gasteiger partial charge on any atom is 0.0899 e. The predicted octanol–water partition coefficient (Wildman–Crippen LogP) is 1.58. The second-order valence-electron chi connectivity index (χ2n) is 4.54. The fourth-order valence-corrected chi connectivity index (χ4v) is 2.82. The van der Waals surface area contributed by atoms with Crippen LogP contribution in [-0.2, 0) is 4.74 Å². The summed E-state index contributed by atoms with van der Waals surface area (Å²) in [5.41, 5.74) is 2.03. The third-order valence-corrected chi connectivity index (χ3v) is 3.87. The molecule has 1 N–H and O–H groups in total. The van der Waals surface area contributed by atoms with E-state index in [9.17, 15) is 0 Å². The summed E-state index contributed by atoms with van der Waals surface area (Å²) in [5, 5.41) is 10.7. The number of anilines is 1. The van der Waals surface area contributed by atoms with E-state index in [2.05, 4.69) is 47.3 Å². The number of ether oxygens (including phenoxy) is 1. The van der Waals surface area contributed by atoms with Crippen molar-refractivity contribution in [2.24, 2.45) is 0 Å². The number of methoxy groups -OCH3 is 1. The smallest absolute Gasteiger partial charge is 0.0899 e. The number of aromatic amines is 1. The van der Waals surface area contributed by atoms with Gasteiger partial charge in [0.25, 0.3) is 0 Å².